The predicted molar refractivity (Wildman–Crippen MR) is 133 cm³/mol. The maximum Gasteiger partial charge on any atom is 0.193 e. The van der Waals surface area contributed by atoms with Gasteiger partial charge in [-0.1, -0.05) is 25.3 Å². The second-order valence-corrected chi connectivity index (χ2v) is 9.56. The monoisotopic (exact) mass is 531 g/mol. The third-order valence-electron chi connectivity index (χ3n) is 6.14. The number of rotatable bonds is 3. The molecule has 0 amide bonds. The van der Waals surface area contributed by atoms with Crippen molar-refractivity contribution in [1.82, 2.24) is 15.2 Å². The summed E-state index contributed by atoms with van der Waals surface area (Å²) in [5.74, 6) is 3.31. The van der Waals surface area contributed by atoms with Gasteiger partial charge in [-0.3, -0.25) is 4.99 Å². The van der Waals surface area contributed by atoms with E-state index < -0.39 is 0 Å². The van der Waals surface area contributed by atoms with Crippen LogP contribution in [0.25, 0.3) is 0 Å². The Hall–Kier alpha value is -0.740. The summed E-state index contributed by atoms with van der Waals surface area (Å²) in [6.45, 7) is 6.33. The molecule has 8 heteroatoms. The van der Waals surface area contributed by atoms with Gasteiger partial charge in [0.15, 0.2) is 5.96 Å². The lowest BCUT2D eigenvalue weighted by Gasteiger charge is -2.45. The molecule has 6 nitrogen and oxygen atoms in total. The fourth-order valence-electron chi connectivity index (χ4n) is 4.66. The Morgan fingerprint density at radius 1 is 1.24 bits per heavy atom. The first-order chi connectivity index (χ1) is 13.8. The van der Waals surface area contributed by atoms with Crippen LogP contribution in [-0.4, -0.2) is 72.8 Å². The van der Waals surface area contributed by atoms with Crippen LogP contribution in [0.5, 0.6) is 0 Å². The van der Waals surface area contributed by atoms with Gasteiger partial charge in [-0.2, -0.15) is 11.8 Å². The van der Waals surface area contributed by atoms with E-state index in [2.05, 4.69) is 42.9 Å². The average molecular weight is 532 g/mol. The Labute approximate surface area is 196 Å². The smallest absolute Gasteiger partial charge is 0.193 e. The van der Waals surface area contributed by atoms with E-state index in [0.717, 1.165) is 57.7 Å². The normalized spacial score (nSPS) is 22.3. The number of halogens is 1. The molecule has 1 spiro atoms. The lowest BCUT2D eigenvalue weighted by atomic mass is 9.87. The highest BCUT2D eigenvalue weighted by Gasteiger charge is 2.38. The minimum atomic E-state index is 0. The first kappa shape index (κ1) is 22.9. The zero-order valence-corrected chi connectivity index (χ0v) is 20.6. The van der Waals surface area contributed by atoms with Crippen molar-refractivity contribution in [2.75, 3.05) is 57.1 Å². The van der Waals surface area contributed by atoms with Crippen LogP contribution in [0.2, 0.25) is 0 Å². The molecule has 2 aliphatic heterocycles. The Morgan fingerprint density at radius 2 is 2.03 bits per heavy atom. The fraction of sp³-hybridized carbons (Fsp3) is 0.714. The highest BCUT2D eigenvalue weighted by Crippen LogP contribution is 2.42. The molecule has 1 aromatic heterocycles. The lowest BCUT2D eigenvalue weighted by molar-refractivity contribution is 0.122. The Bertz CT molecular complexity index is 671. The molecule has 0 aromatic carbocycles. The number of anilines is 1. The molecule has 2 saturated heterocycles. The highest BCUT2D eigenvalue weighted by molar-refractivity contribution is 14.0. The van der Waals surface area contributed by atoms with E-state index in [1.165, 1.54) is 43.4 Å². The SMILES string of the molecule is CN=C(NCc1cccnc1N1CCOCC1)N1CCSC2(CCCCC2)C1.I. The molecule has 1 N–H and O–H groups in total. The van der Waals surface area contributed by atoms with E-state index in [-0.39, 0.29) is 24.0 Å². The second-order valence-electron chi connectivity index (χ2n) is 8.00. The van der Waals surface area contributed by atoms with Gasteiger partial charge in [0, 0.05) is 62.0 Å². The molecule has 162 valence electrons. The van der Waals surface area contributed by atoms with Crippen molar-refractivity contribution < 1.29 is 4.74 Å². The van der Waals surface area contributed by atoms with E-state index in [1.54, 1.807) is 0 Å². The summed E-state index contributed by atoms with van der Waals surface area (Å²) in [6, 6.07) is 4.20. The number of hydrogen-bond donors (Lipinski definition) is 1. The van der Waals surface area contributed by atoms with E-state index in [0.29, 0.717) is 4.75 Å². The molecule has 1 aromatic rings. The fourth-order valence-corrected chi connectivity index (χ4v) is 6.23. The Balaban J connectivity index is 0.00000240. The number of nitrogens with one attached hydrogen (secondary N) is 1. The zero-order chi connectivity index (χ0) is 19.2. The van der Waals surface area contributed by atoms with Gasteiger partial charge in [0.1, 0.15) is 5.82 Å². The van der Waals surface area contributed by atoms with Crippen LogP contribution in [0.1, 0.15) is 37.7 Å². The van der Waals surface area contributed by atoms with Gasteiger partial charge < -0.3 is 19.9 Å². The summed E-state index contributed by atoms with van der Waals surface area (Å²) in [6.07, 6.45) is 8.76. The molecule has 1 aliphatic carbocycles. The van der Waals surface area contributed by atoms with Crippen LogP contribution in [0.3, 0.4) is 0 Å². The number of pyridine rings is 1. The largest absolute Gasteiger partial charge is 0.378 e. The van der Waals surface area contributed by atoms with Crippen LogP contribution in [-0.2, 0) is 11.3 Å². The second kappa shape index (κ2) is 11.0. The number of aliphatic imine (C=N–C) groups is 1. The van der Waals surface area contributed by atoms with E-state index in [1.807, 2.05) is 19.3 Å². The molecule has 3 aliphatic rings. The first-order valence-electron chi connectivity index (χ1n) is 10.7. The molecule has 29 heavy (non-hydrogen) atoms. The molecule has 1 saturated carbocycles. The van der Waals surface area contributed by atoms with Gasteiger partial charge in [0.05, 0.1) is 13.2 Å². The van der Waals surface area contributed by atoms with Crippen molar-refractivity contribution in [2.24, 2.45) is 4.99 Å². The van der Waals surface area contributed by atoms with Crippen molar-refractivity contribution >= 4 is 47.5 Å². The number of morpholine rings is 1. The molecule has 4 rings (SSSR count). The van der Waals surface area contributed by atoms with E-state index >= 15 is 0 Å². The molecule has 0 bridgehead atoms. The topological polar surface area (TPSA) is 53.0 Å². The molecule has 3 fully saturated rings. The third-order valence-corrected chi connectivity index (χ3v) is 7.68. The van der Waals surface area contributed by atoms with Crippen molar-refractivity contribution in [1.29, 1.82) is 0 Å². The van der Waals surface area contributed by atoms with E-state index in [9.17, 15) is 0 Å². The average Bonchev–Trinajstić information content (AvgIpc) is 2.76. The third kappa shape index (κ3) is 5.70. The molecule has 3 heterocycles. The van der Waals surface area contributed by atoms with Gasteiger partial charge in [0.25, 0.3) is 0 Å². The highest BCUT2D eigenvalue weighted by atomic mass is 127. The molecule has 0 radical (unpaired) electrons. The van der Waals surface area contributed by atoms with Crippen molar-refractivity contribution in [2.45, 2.75) is 43.4 Å². The Morgan fingerprint density at radius 3 is 2.79 bits per heavy atom. The summed E-state index contributed by atoms with van der Waals surface area (Å²) < 4.78 is 5.94. The summed E-state index contributed by atoms with van der Waals surface area (Å²) in [5.41, 5.74) is 1.23. The number of hydrogen-bond acceptors (Lipinski definition) is 5. The lowest BCUT2D eigenvalue weighted by Crippen LogP contribution is -2.53. The van der Waals surface area contributed by atoms with Crippen LogP contribution in [0, 0.1) is 0 Å². The summed E-state index contributed by atoms with van der Waals surface area (Å²) in [4.78, 5) is 14.1. The van der Waals surface area contributed by atoms with Crippen molar-refractivity contribution in [3.63, 3.8) is 0 Å². The summed E-state index contributed by atoms with van der Waals surface area (Å²) in [5, 5.41) is 3.63. The predicted octanol–water partition coefficient (Wildman–Crippen LogP) is 3.36. The standard InChI is InChI=1S/C21H33N5OS.HI/c1-22-20(26-12-15-28-21(17-26)7-3-2-4-8-21)24-16-18-6-5-9-23-19(18)25-10-13-27-14-11-25;/h5-6,9H,2-4,7-8,10-17H2,1H3,(H,22,24);1H. The molecule has 0 unspecified atom stereocenters. The van der Waals surface area contributed by atoms with Crippen LogP contribution < -0.4 is 10.2 Å². The number of guanidine groups is 1. The van der Waals surface area contributed by atoms with Crippen LogP contribution in [0.15, 0.2) is 23.3 Å². The Kier molecular flexibility index (Phi) is 8.73. The van der Waals surface area contributed by atoms with Gasteiger partial charge in [-0.15, -0.1) is 24.0 Å². The molecule has 0 atom stereocenters. The number of ether oxygens (including phenoxy) is 1. The molecular formula is C21H34IN5OS. The van der Waals surface area contributed by atoms with Gasteiger partial charge in [-0.25, -0.2) is 4.98 Å². The number of aromatic nitrogens is 1. The zero-order valence-electron chi connectivity index (χ0n) is 17.4. The maximum atomic E-state index is 5.50. The minimum Gasteiger partial charge on any atom is -0.378 e. The van der Waals surface area contributed by atoms with Gasteiger partial charge in [-0.05, 0) is 18.9 Å². The molecular weight excluding hydrogens is 497 g/mol. The first-order valence-corrected chi connectivity index (χ1v) is 11.6. The summed E-state index contributed by atoms with van der Waals surface area (Å²) >= 11 is 2.20. The summed E-state index contributed by atoms with van der Waals surface area (Å²) in [7, 11) is 1.91. The van der Waals surface area contributed by atoms with Gasteiger partial charge in [0.2, 0.25) is 0 Å². The van der Waals surface area contributed by atoms with Crippen molar-refractivity contribution in [3.05, 3.63) is 23.9 Å². The van der Waals surface area contributed by atoms with E-state index in [4.69, 9.17) is 4.74 Å². The maximum absolute atomic E-state index is 5.50. The van der Waals surface area contributed by atoms with Crippen molar-refractivity contribution in [3.8, 4) is 0 Å². The number of thioether (sulfide) groups is 1. The van der Waals surface area contributed by atoms with Gasteiger partial charge >= 0.3 is 0 Å². The van der Waals surface area contributed by atoms with Crippen LogP contribution >= 0.6 is 35.7 Å². The minimum absolute atomic E-state index is 0. The van der Waals surface area contributed by atoms with Crippen LogP contribution in [0.4, 0.5) is 5.82 Å². The number of nitrogens with zero attached hydrogens (tertiary/aromatic N) is 4. The quantitative estimate of drug-likeness (QED) is 0.367.